The Bertz CT molecular complexity index is 641. The molecule has 2 atom stereocenters. The predicted molar refractivity (Wildman–Crippen MR) is 93.1 cm³/mol. The Morgan fingerprint density at radius 2 is 2.12 bits per heavy atom. The second-order valence-corrected chi connectivity index (χ2v) is 6.89. The SMILES string of the molecule is CCC(=O)N1CCc2cc(C(=O)N3CCCC(C(C)O)C3)ccc21. The summed E-state index contributed by atoms with van der Waals surface area (Å²) in [4.78, 5) is 28.4. The van der Waals surface area contributed by atoms with Crippen LogP contribution in [0, 0.1) is 5.92 Å². The number of fused-ring (bicyclic) bond motifs is 1. The zero-order valence-corrected chi connectivity index (χ0v) is 14.5. The average Bonchev–Trinajstić information content (AvgIpc) is 3.03. The maximum absolute atomic E-state index is 12.8. The molecule has 1 N–H and O–H groups in total. The molecule has 1 saturated heterocycles. The molecule has 2 heterocycles. The summed E-state index contributed by atoms with van der Waals surface area (Å²) < 4.78 is 0. The van der Waals surface area contributed by atoms with Gasteiger partial charge in [-0.25, -0.2) is 0 Å². The minimum Gasteiger partial charge on any atom is -0.393 e. The molecule has 130 valence electrons. The number of likely N-dealkylation sites (tertiary alicyclic amines) is 1. The molecule has 1 aromatic carbocycles. The van der Waals surface area contributed by atoms with Crippen molar-refractivity contribution in [2.24, 2.45) is 5.92 Å². The fourth-order valence-electron chi connectivity index (χ4n) is 3.76. The van der Waals surface area contributed by atoms with Gasteiger partial charge in [0.15, 0.2) is 0 Å². The number of hydrogen-bond acceptors (Lipinski definition) is 3. The van der Waals surface area contributed by atoms with Gasteiger partial charge in [-0.15, -0.1) is 0 Å². The van der Waals surface area contributed by atoms with Crippen molar-refractivity contribution in [3.05, 3.63) is 29.3 Å². The molecule has 5 heteroatoms. The fraction of sp³-hybridized carbons (Fsp3) is 0.579. The van der Waals surface area contributed by atoms with E-state index in [1.165, 1.54) is 0 Å². The van der Waals surface area contributed by atoms with Crippen LogP contribution < -0.4 is 4.90 Å². The van der Waals surface area contributed by atoms with Crippen molar-refractivity contribution in [2.75, 3.05) is 24.5 Å². The van der Waals surface area contributed by atoms with Crippen LogP contribution in [0.3, 0.4) is 0 Å². The quantitative estimate of drug-likeness (QED) is 0.924. The second kappa shape index (κ2) is 6.93. The van der Waals surface area contributed by atoms with Gasteiger partial charge in [0.05, 0.1) is 6.10 Å². The monoisotopic (exact) mass is 330 g/mol. The molecule has 2 amide bonds. The third-order valence-corrected chi connectivity index (χ3v) is 5.25. The molecular weight excluding hydrogens is 304 g/mol. The predicted octanol–water partition coefficient (Wildman–Crippen LogP) is 2.22. The van der Waals surface area contributed by atoms with Gasteiger partial charge in [0.2, 0.25) is 5.91 Å². The van der Waals surface area contributed by atoms with Crippen LogP contribution in [0.5, 0.6) is 0 Å². The zero-order chi connectivity index (χ0) is 17.3. The summed E-state index contributed by atoms with van der Waals surface area (Å²) >= 11 is 0. The topological polar surface area (TPSA) is 60.9 Å². The molecule has 0 spiro atoms. The summed E-state index contributed by atoms with van der Waals surface area (Å²) in [5, 5.41) is 9.80. The van der Waals surface area contributed by atoms with E-state index in [1.807, 2.05) is 34.9 Å². The maximum atomic E-state index is 12.8. The summed E-state index contributed by atoms with van der Waals surface area (Å²) in [7, 11) is 0. The number of rotatable bonds is 3. The summed E-state index contributed by atoms with van der Waals surface area (Å²) in [6.45, 7) is 5.74. The molecule has 0 radical (unpaired) electrons. The van der Waals surface area contributed by atoms with E-state index in [9.17, 15) is 14.7 Å². The van der Waals surface area contributed by atoms with Gasteiger partial charge in [-0.2, -0.15) is 0 Å². The van der Waals surface area contributed by atoms with Crippen molar-refractivity contribution >= 4 is 17.5 Å². The van der Waals surface area contributed by atoms with Crippen LogP contribution >= 0.6 is 0 Å². The molecule has 1 fully saturated rings. The van der Waals surface area contributed by atoms with Crippen molar-refractivity contribution in [1.82, 2.24) is 4.90 Å². The Morgan fingerprint density at radius 1 is 1.33 bits per heavy atom. The lowest BCUT2D eigenvalue weighted by Gasteiger charge is -2.34. The molecule has 24 heavy (non-hydrogen) atoms. The van der Waals surface area contributed by atoms with Crippen molar-refractivity contribution in [2.45, 2.75) is 45.6 Å². The van der Waals surface area contributed by atoms with E-state index in [4.69, 9.17) is 0 Å². The highest BCUT2D eigenvalue weighted by molar-refractivity contribution is 5.98. The Morgan fingerprint density at radius 3 is 2.83 bits per heavy atom. The van der Waals surface area contributed by atoms with Crippen molar-refractivity contribution in [3.63, 3.8) is 0 Å². The fourth-order valence-corrected chi connectivity index (χ4v) is 3.76. The maximum Gasteiger partial charge on any atom is 0.253 e. The van der Waals surface area contributed by atoms with Gasteiger partial charge in [-0.05, 0) is 49.9 Å². The van der Waals surface area contributed by atoms with E-state index < -0.39 is 0 Å². The zero-order valence-electron chi connectivity index (χ0n) is 14.5. The molecule has 5 nitrogen and oxygen atoms in total. The number of carbonyl (C=O) groups is 2. The number of aliphatic hydroxyl groups is 1. The third-order valence-electron chi connectivity index (χ3n) is 5.25. The van der Waals surface area contributed by atoms with E-state index in [2.05, 4.69) is 0 Å². The van der Waals surface area contributed by atoms with Crippen LogP contribution in [0.2, 0.25) is 0 Å². The second-order valence-electron chi connectivity index (χ2n) is 6.89. The third kappa shape index (κ3) is 3.18. The number of carbonyl (C=O) groups excluding carboxylic acids is 2. The summed E-state index contributed by atoms with van der Waals surface area (Å²) in [5.41, 5.74) is 2.71. The summed E-state index contributed by atoms with van der Waals surface area (Å²) in [5.74, 6) is 0.321. The van der Waals surface area contributed by atoms with Gasteiger partial charge in [0, 0.05) is 43.2 Å². The number of anilines is 1. The minimum absolute atomic E-state index is 0.0309. The first-order chi connectivity index (χ1) is 11.5. The standard InChI is InChI=1S/C19H26N2O3/c1-3-18(23)21-10-8-14-11-15(6-7-17(14)21)19(24)20-9-4-5-16(12-20)13(2)22/h6-7,11,13,16,22H,3-5,8-10,12H2,1-2H3. The van der Waals surface area contributed by atoms with Crippen LogP contribution in [-0.2, 0) is 11.2 Å². The molecule has 2 unspecified atom stereocenters. The highest BCUT2D eigenvalue weighted by atomic mass is 16.3. The minimum atomic E-state index is -0.380. The first-order valence-corrected chi connectivity index (χ1v) is 8.92. The number of nitrogens with zero attached hydrogens (tertiary/aromatic N) is 2. The molecular formula is C19H26N2O3. The van der Waals surface area contributed by atoms with E-state index in [1.54, 1.807) is 6.92 Å². The van der Waals surface area contributed by atoms with Gasteiger partial charge in [0.1, 0.15) is 0 Å². The molecule has 0 bridgehead atoms. The summed E-state index contributed by atoms with van der Waals surface area (Å²) in [6.07, 6.45) is 2.83. The number of benzene rings is 1. The normalized spacial score (nSPS) is 21.5. The number of piperidine rings is 1. The number of hydrogen-bond donors (Lipinski definition) is 1. The van der Waals surface area contributed by atoms with E-state index in [-0.39, 0.29) is 23.8 Å². The molecule has 0 saturated carbocycles. The largest absolute Gasteiger partial charge is 0.393 e. The van der Waals surface area contributed by atoms with Gasteiger partial charge in [-0.1, -0.05) is 6.92 Å². The smallest absolute Gasteiger partial charge is 0.253 e. The lowest BCUT2D eigenvalue weighted by Crippen LogP contribution is -2.42. The molecule has 2 aliphatic rings. The number of aliphatic hydroxyl groups excluding tert-OH is 1. The average molecular weight is 330 g/mol. The highest BCUT2D eigenvalue weighted by Crippen LogP contribution is 2.30. The van der Waals surface area contributed by atoms with Crippen LogP contribution in [0.1, 0.15) is 49.0 Å². The van der Waals surface area contributed by atoms with Gasteiger partial charge < -0.3 is 14.9 Å². The molecule has 1 aromatic rings. The van der Waals surface area contributed by atoms with E-state index in [0.29, 0.717) is 25.1 Å². The molecule has 2 aliphatic heterocycles. The highest BCUT2D eigenvalue weighted by Gasteiger charge is 2.29. The Balaban J connectivity index is 1.76. The van der Waals surface area contributed by atoms with Crippen LogP contribution in [-0.4, -0.2) is 47.6 Å². The lowest BCUT2D eigenvalue weighted by atomic mass is 9.93. The van der Waals surface area contributed by atoms with E-state index >= 15 is 0 Å². The molecule has 0 aromatic heterocycles. The van der Waals surface area contributed by atoms with E-state index in [0.717, 1.165) is 37.1 Å². The van der Waals surface area contributed by atoms with Crippen molar-refractivity contribution < 1.29 is 14.7 Å². The Kier molecular flexibility index (Phi) is 4.90. The van der Waals surface area contributed by atoms with Crippen LogP contribution in [0.15, 0.2) is 18.2 Å². The van der Waals surface area contributed by atoms with Gasteiger partial charge in [0.25, 0.3) is 5.91 Å². The summed E-state index contributed by atoms with van der Waals surface area (Å²) in [6, 6.07) is 5.67. The van der Waals surface area contributed by atoms with Crippen LogP contribution in [0.4, 0.5) is 5.69 Å². The first kappa shape index (κ1) is 17.0. The van der Waals surface area contributed by atoms with Crippen LogP contribution in [0.25, 0.3) is 0 Å². The van der Waals surface area contributed by atoms with Crippen molar-refractivity contribution in [1.29, 1.82) is 0 Å². The molecule has 0 aliphatic carbocycles. The molecule has 3 rings (SSSR count). The Labute approximate surface area is 143 Å². The van der Waals surface area contributed by atoms with Gasteiger partial charge >= 0.3 is 0 Å². The Hall–Kier alpha value is -1.88. The van der Waals surface area contributed by atoms with Gasteiger partial charge in [-0.3, -0.25) is 9.59 Å². The first-order valence-electron chi connectivity index (χ1n) is 8.92. The van der Waals surface area contributed by atoms with Crippen molar-refractivity contribution in [3.8, 4) is 0 Å². The lowest BCUT2D eigenvalue weighted by molar-refractivity contribution is -0.118. The number of amides is 2.